The van der Waals surface area contributed by atoms with Gasteiger partial charge in [0.2, 0.25) is 0 Å². The molecule has 0 saturated heterocycles. The van der Waals surface area contributed by atoms with E-state index in [0.29, 0.717) is 11.4 Å². The quantitative estimate of drug-likeness (QED) is 0.652. The molecule has 2 aromatic rings. The summed E-state index contributed by atoms with van der Waals surface area (Å²) in [6.45, 7) is 6.05. The summed E-state index contributed by atoms with van der Waals surface area (Å²) < 4.78 is 0. The van der Waals surface area contributed by atoms with Crippen LogP contribution in [-0.4, -0.2) is 26.8 Å². The van der Waals surface area contributed by atoms with E-state index in [1.807, 2.05) is 24.3 Å². The molecule has 1 saturated carbocycles. The van der Waals surface area contributed by atoms with Crippen LogP contribution < -0.4 is 0 Å². The Morgan fingerprint density at radius 3 is 2.45 bits per heavy atom. The molecule has 1 aromatic carbocycles. The van der Waals surface area contributed by atoms with Crippen molar-refractivity contribution < 1.29 is 10.2 Å². The van der Waals surface area contributed by atoms with Gasteiger partial charge >= 0.3 is 0 Å². The molecule has 1 heterocycles. The monoisotopic (exact) mass is 418 g/mol. The molecule has 2 aliphatic carbocycles. The average molecular weight is 419 g/mol. The van der Waals surface area contributed by atoms with Crippen molar-refractivity contribution in [1.82, 2.24) is 9.97 Å². The van der Waals surface area contributed by atoms with Crippen LogP contribution in [0.4, 0.5) is 0 Å². The Labute approximate surface area is 185 Å². The Morgan fingerprint density at radius 2 is 1.77 bits per heavy atom. The largest absolute Gasteiger partial charge is 0.395 e. The summed E-state index contributed by atoms with van der Waals surface area (Å²) in [7, 11) is 0. The standard InChI is InChI=1S/C27H34N2O2/c1-4-18(5-2)15-24-23(16-19-11-7-6-8-12-19)28-25-21(17-30)20-13-9-10-14-22(20)27(3,31)26(25)29-24/h9-10,13-16,21,30-31H,4-8,11-12,17H2,1-3H3. The van der Waals surface area contributed by atoms with Gasteiger partial charge in [-0.1, -0.05) is 55.7 Å². The van der Waals surface area contributed by atoms with Crippen LogP contribution in [-0.2, 0) is 5.60 Å². The predicted octanol–water partition coefficient (Wildman–Crippen LogP) is 5.72. The van der Waals surface area contributed by atoms with Gasteiger partial charge in [-0.3, -0.25) is 0 Å². The van der Waals surface area contributed by atoms with Gasteiger partial charge in [0.1, 0.15) is 5.60 Å². The van der Waals surface area contributed by atoms with Crippen LogP contribution in [0.2, 0.25) is 0 Å². The zero-order valence-corrected chi connectivity index (χ0v) is 19.0. The minimum atomic E-state index is -1.25. The van der Waals surface area contributed by atoms with Crippen molar-refractivity contribution in [2.45, 2.75) is 77.2 Å². The van der Waals surface area contributed by atoms with Gasteiger partial charge in [-0.2, -0.15) is 0 Å². The van der Waals surface area contributed by atoms with Gasteiger partial charge in [-0.05, 0) is 68.7 Å². The van der Waals surface area contributed by atoms with E-state index < -0.39 is 5.60 Å². The van der Waals surface area contributed by atoms with Crippen molar-refractivity contribution >= 4 is 12.2 Å². The Kier molecular flexibility index (Phi) is 6.40. The first-order valence-corrected chi connectivity index (χ1v) is 11.7. The van der Waals surface area contributed by atoms with E-state index in [1.54, 1.807) is 6.92 Å². The minimum absolute atomic E-state index is 0.0604. The van der Waals surface area contributed by atoms with Crippen molar-refractivity contribution in [3.8, 4) is 0 Å². The van der Waals surface area contributed by atoms with Crippen molar-refractivity contribution in [3.05, 3.63) is 69.3 Å². The number of rotatable bonds is 5. The lowest BCUT2D eigenvalue weighted by atomic mass is 9.75. The first-order valence-electron chi connectivity index (χ1n) is 11.7. The van der Waals surface area contributed by atoms with Crippen LogP contribution in [0.5, 0.6) is 0 Å². The van der Waals surface area contributed by atoms with E-state index in [2.05, 4.69) is 26.0 Å². The summed E-state index contributed by atoms with van der Waals surface area (Å²) in [6.07, 6.45) is 12.3. The number of allylic oxidation sites excluding steroid dienone is 2. The molecule has 4 heteroatoms. The van der Waals surface area contributed by atoms with Crippen LogP contribution in [0.3, 0.4) is 0 Å². The SMILES string of the molecule is CCC(=Cc1nc2c(nc1C=C1CCCCC1)C(CO)c1ccccc1C2(C)O)CC. The normalized spacial score (nSPS) is 22.5. The van der Waals surface area contributed by atoms with Crippen LogP contribution in [0.25, 0.3) is 12.2 Å². The van der Waals surface area contributed by atoms with Gasteiger partial charge in [0.05, 0.1) is 35.3 Å². The lowest BCUT2D eigenvalue weighted by molar-refractivity contribution is 0.0885. The van der Waals surface area contributed by atoms with E-state index in [0.717, 1.165) is 48.2 Å². The molecule has 0 bridgehead atoms. The molecule has 2 atom stereocenters. The molecule has 4 nitrogen and oxygen atoms in total. The van der Waals surface area contributed by atoms with Gasteiger partial charge in [0.25, 0.3) is 0 Å². The van der Waals surface area contributed by atoms with Crippen molar-refractivity contribution in [3.63, 3.8) is 0 Å². The maximum Gasteiger partial charge on any atom is 0.131 e. The Bertz CT molecular complexity index is 1010. The number of aliphatic hydroxyl groups is 2. The highest BCUT2D eigenvalue weighted by molar-refractivity contribution is 5.65. The van der Waals surface area contributed by atoms with E-state index in [-0.39, 0.29) is 12.5 Å². The fraction of sp³-hybridized carbons (Fsp3) is 0.481. The first-order chi connectivity index (χ1) is 15.0. The molecule has 2 aliphatic rings. The zero-order chi connectivity index (χ0) is 22.0. The van der Waals surface area contributed by atoms with Crippen molar-refractivity contribution in [1.29, 1.82) is 0 Å². The average Bonchev–Trinajstić information content (AvgIpc) is 2.79. The minimum Gasteiger partial charge on any atom is -0.395 e. The number of hydrogen-bond donors (Lipinski definition) is 2. The highest BCUT2D eigenvalue weighted by Crippen LogP contribution is 2.44. The lowest BCUT2D eigenvalue weighted by Crippen LogP contribution is -2.35. The highest BCUT2D eigenvalue weighted by Gasteiger charge is 2.41. The Hall–Kier alpha value is -2.30. The summed E-state index contributed by atoms with van der Waals surface area (Å²) in [4.78, 5) is 10.1. The number of aliphatic hydroxyl groups excluding tert-OH is 1. The second kappa shape index (κ2) is 9.05. The Morgan fingerprint density at radius 1 is 1.06 bits per heavy atom. The van der Waals surface area contributed by atoms with Crippen LogP contribution in [0, 0.1) is 0 Å². The molecule has 1 aromatic heterocycles. The van der Waals surface area contributed by atoms with Gasteiger partial charge < -0.3 is 10.2 Å². The van der Waals surface area contributed by atoms with Crippen LogP contribution in [0.1, 0.15) is 106 Å². The molecule has 31 heavy (non-hydrogen) atoms. The summed E-state index contributed by atoms with van der Waals surface area (Å²) in [5.74, 6) is -0.280. The van der Waals surface area contributed by atoms with E-state index in [1.165, 1.54) is 30.4 Å². The molecule has 2 unspecified atom stereocenters. The second-order valence-corrected chi connectivity index (χ2v) is 9.00. The smallest absolute Gasteiger partial charge is 0.131 e. The Balaban J connectivity index is 1.94. The molecule has 4 rings (SSSR count). The molecule has 164 valence electrons. The molecule has 0 amide bonds. The van der Waals surface area contributed by atoms with Crippen molar-refractivity contribution in [2.75, 3.05) is 6.61 Å². The third-order valence-electron chi connectivity index (χ3n) is 6.90. The summed E-state index contributed by atoms with van der Waals surface area (Å²) in [6, 6.07) is 7.79. The third-order valence-corrected chi connectivity index (χ3v) is 6.90. The lowest BCUT2D eigenvalue weighted by Gasteiger charge is -2.36. The second-order valence-electron chi connectivity index (χ2n) is 9.00. The number of fused-ring (bicyclic) bond motifs is 2. The summed E-state index contributed by atoms with van der Waals surface area (Å²) >= 11 is 0. The van der Waals surface area contributed by atoms with Crippen LogP contribution in [0.15, 0.2) is 35.4 Å². The maximum absolute atomic E-state index is 11.6. The van der Waals surface area contributed by atoms with Crippen molar-refractivity contribution in [2.24, 2.45) is 0 Å². The first kappa shape index (κ1) is 21.9. The number of benzene rings is 1. The fourth-order valence-corrected chi connectivity index (χ4v) is 4.98. The maximum atomic E-state index is 11.6. The summed E-state index contributed by atoms with van der Waals surface area (Å²) in [5, 5.41) is 21.8. The number of nitrogens with zero attached hydrogens (tertiary/aromatic N) is 2. The van der Waals surface area contributed by atoms with E-state index >= 15 is 0 Å². The number of aromatic nitrogens is 2. The number of hydrogen-bond acceptors (Lipinski definition) is 4. The zero-order valence-electron chi connectivity index (χ0n) is 19.0. The molecule has 0 radical (unpaired) electrons. The molecule has 1 fully saturated rings. The topological polar surface area (TPSA) is 66.2 Å². The van der Waals surface area contributed by atoms with E-state index in [9.17, 15) is 10.2 Å². The molecule has 0 spiro atoms. The van der Waals surface area contributed by atoms with Gasteiger partial charge in [0.15, 0.2) is 0 Å². The predicted molar refractivity (Wildman–Crippen MR) is 126 cm³/mol. The van der Waals surface area contributed by atoms with E-state index in [4.69, 9.17) is 9.97 Å². The fourth-order valence-electron chi connectivity index (χ4n) is 4.98. The van der Waals surface area contributed by atoms with Crippen LogP contribution >= 0.6 is 0 Å². The van der Waals surface area contributed by atoms with Gasteiger partial charge in [0, 0.05) is 0 Å². The molecule has 0 aliphatic heterocycles. The molecule has 2 N–H and O–H groups in total. The summed E-state index contributed by atoms with van der Waals surface area (Å²) in [5.41, 5.74) is 6.17. The molecular weight excluding hydrogens is 384 g/mol. The molecular formula is C27H34N2O2. The van der Waals surface area contributed by atoms with Gasteiger partial charge in [-0.25, -0.2) is 9.97 Å². The van der Waals surface area contributed by atoms with Gasteiger partial charge in [-0.15, -0.1) is 0 Å². The third kappa shape index (κ3) is 4.11. The highest BCUT2D eigenvalue weighted by atomic mass is 16.3.